The second kappa shape index (κ2) is 12.1. The Hall–Kier alpha value is -2.89. The second-order valence-corrected chi connectivity index (χ2v) is 11.7. The van der Waals surface area contributed by atoms with E-state index in [0.717, 1.165) is 26.5 Å². The maximum absolute atomic E-state index is 12.6. The SMILES string of the molecule is O=C(CSc1nc(Nc2ccccc2)c2ccccc2n1)Nc1nnc(SCc2cc(Cl)cc(Cl)c2)s1. The lowest BCUT2D eigenvalue weighted by Crippen LogP contribution is -2.14. The molecule has 186 valence electrons. The number of benzene rings is 3. The minimum atomic E-state index is -0.214. The fourth-order valence-electron chi connectivity index (χ4n) is 3.32. The van der Waals surface area contributed by atoms with Crippen molar-refractivity contribution in [2.75, 3.05) is 16.4 Å². The second-order valence-electron chi connectivity index (χ2n) is 7.64. The molecule has 5 aromatic rings. The summed E-state index contributed by atoms with van der Waals surface area (Å²) < 4.78 is 0.730. The van der Waals surface area contributed by atoms with Gasteiger partial charge in [-0.1, -0.05) is 88.4 Å². The molecule has 0 aliphatic carbocycles. The van der Waals surface area contributed by atoms with Crippen LogP contribution in [-0.2, 0) is 10.5 Å². The molecule has 37 heavy (non-hydrogen) atoms. The molecule has 5 rings (SSSR count). The van der Waals surface area contributed by atoms with Crippen LogP contribution < -0.4 is 10.6 Å². The Kier molecular flexibility index (Phi) is 8.42. The highest BCUT2D eigenvalue weighted by Gasteiger charge is 2.13. The summed E-state index contributed by atoms with van der Waals surface area (Å²) in [5.74, 6) is 1.24. The Morgan fingerprint density at radius 3 is 2.46 bits per heavy atom. The van der Waals surface area contributed by atoms with E-state index in [1.54, 1.807) is 6.07 Å². The lowest BCUT2D eigenvalue weighted by molar-refractivity contribution is -0.113. The minimum Gasteiger partial charge on any atom is -0.340 e. The molecule has 0 unspecified atom stereocenters. The number of hydrogen-bond donors (Lipinski definition) is 2. The van der Waals surface area contributed by atoms with E-state index < -0.39 is 0 Å². The number of amides is 1. The van der Waals surface area contributed by atoms with E-state index in [1.807, 2.05) is 66.7 Å². The zero-order chi connectivity index (χ0) is 25.6. The van der Waals surface area contributed by atoms with Crippen molar-refractivity contribution in [3.8, 4) is 0 Å². The first-order valence-corrected chi connectivity index (χ1v) is 14.5. The van der Waals surface area contributed by atoms with Gasteiger partial charge in [-0.2, -0.15) is 0 Å². The molecule has 0 saturated heterocycles. The van der Waals surface area contributed by atoms with E-state index in [9.17, 15) is 4.79 Å². The van der Waals surface area contributed by atoms with Crippen LogP contribution in [0.1, 0.15) is 5.56 Å². The standard InChI is InChI=1S/C25H18Cl2N6OS3/c26-16-10-15(11-17(27)12-16)13-36-25-33-32-24(37-25)30-21(34)14-35-23-29-20-9-5-4-8-19(20)22(31-23)28-18-6-2-1-3-7-18/h1-12H,13-14H2,(H,28,29,31)(H,30,32,34). The highest BCUT2D eigenvalue weighted by molar-refractivity contribution is 8.00. The van der Waals surface area contributed by atoms with E-state index in [0.29, 0.717) is 31.9 Å². The number of anilines is 3. The molecule has 2 N–H and O–H groups in total. The molecule has 0 spiro atoms. The molecule has 0 saturated carbocycles. The van der Waals surface area contributed by atoms with Gasteiger partial charge in [0.25, 0.3) is 0 Å². The number of para-hydroxylation sites is 2. The van der Waals surface area contributed by atoms with Gasteiger partial charge in [-0.25, -0.2) is 9.97 Å². The smallest absolute Gasteiger partial charge is 0.236 e. The van der Waals surface area contributed by atoms with Crippen molar-refractivity contribution in [3.05, 3.63) is 88.4 Å². The molecule has 0 bridgehead atoms. The molecule has 0 fully saturated rings. The number of nitrogens with zero attached hydrogens (tertiary/aromatic N) is 4. The first kappa shape index (κ1) is 25.7. The average molecular weight is 586 g/mol. The number of hydrogen-bond acceptors (Lipinski definition) is 9. The number of thioether (sulfide) groups is 2. The van der Waals surface area contributed by atoms with Crippen molar-refractivity contribution in [3.63, 3.8) is 0 Å². The number of carbonyl (C=O) groups excluding carboxylic acids is 1. The van der Waals surface area contributed by atoms with Crippen LogP contribution in [0.15, 0.2) is 82.3 Å². The van der Waals surface area contributed by atoms with Gasteiger partial charge >= 0.3 is 0 Å². The molecule has 1 amide bonds. The zero-order valence-corrected chi connectivity index (χ0v) is 23.0. The third-order valence-corrected chi connectivity index (χ3v) is 8.22. The molecule has 12 heteroatoms. The summed E-state index contributed by atoms with van der Waals surface area (Å²) in [6.07, 6.45) is 0. The summed E-state index contributed by atoms with van der Waals surface area (Å²) in [7, 11) is 0. The van der Waals surface area contributed by atoms with E-state index in [4.69, 9.17) is 23.2 Å². The first-order chi connectivity index (χ1) is 18.0. The number of halogens is 2. The van der Waals surface area contributed by atoms with Crippen molar-refractivity contribution in [1.29, 1.82) is 0 Å². The van der Waals surface area contributed by atoms with Crippen molar-refractivity contribution in [2.24, 2.45) is 0 Å². The summed E-state index contributed by atoms with van der Waals surface area (Å²) in [5.41, 5.74) is 2.70. The van der Waals surface area contributed by atoms with Crippen LogP contribution in [0.5, 0.6) is 0 Å². The van der Waals surface area contributed by atoms with Gasteiger partial charge in [-0.05, 0) is 48.0 Å². The Bertz CT molecular complexity index is 1530. The molecule has 0 aliphatic heterocycles. The summed E-state index contributed by atoms with van der Waals surface area (Å²) in [4.78, 5) is 21.9. The Morgan fingerprint density at radius 1 is 0.892 bits per heavy atom. The van der Waals surface area contributed by atoms with Crippen LogP contribution in [0, 0.1) is 0 Å². The fourth-order valence-corrected chi connectivity index (χ4v) is 6.24. The number of fused-ring (bicyclic) bond motifs is 1. The van der Waals surface area contributed by atoms with Gasteiger partial charge in [0.05, 0.1) is 11.3 Å². The third kappa shape index (κ3) is 7.12. The van der Waals surface area contributed by atoms with Crippen molar-refractivity contribution in [2.45, 2.75) is 15.2 Å². The lowest BCUT2D eigenvalue weighted by Gasteiger charge is -2.10. The molecular weight excluding hydrogens is 567 g/mol. The lowest BCUT2D eigenvalue weighted by atomic mass is 10.2. The third-order valence-electron chi connectivity index (χ3n) is 4.89. The van der Waals surface area contributed by atoms with Crippen molar-refractivity contribution < 1.29 is 4.79 Å². The molecule has 7 nitrogen and oxygen atoms in total. The van der Waals surface area contributed by atoms with Crippen LogP contribution in [0.2, 0.25) is 10.0 Å². The van der Waals surface area contributed by atoms with Crippen LogP contribution in [0.4, 0.5) is 16.6 Å². The molecule has 2 heterocycles. The van der Waals surface area contributed by atoms with Crippen LogP contribution in [0.25, 0.3) is 10.9 Å². The van der Waals surface area contributed by atoms with E-state index in [1.165, 1.54) is 34.9 Å². The zero-order valence-electron chi connectivity index (χ0n) is 19.0. The summed E-state index contributed by atoms with van der Waals surface area (Å²) in [6.45, 7) is 0. The Labute approximate surface area is 235 Å². The van der Waals surface area contributed by atoms with E-state index >= 15 is 0 Å². The molecule has 3 aromatic carbocycles. The minimum absolute atomic E-state index is 0.131. The summed E-state index contributed by atoms with van der Waals surface area (Å²) in [6, 6.07) is 23.0. The predicted octanol–water partition coefficient (Wildman–Crippen LogP) is 7.55. The predicted molar refractivity (Wildman–Crippen MR) is 155 cm³/mol. The van der Waals surface area contributed by atoms with Crippen LogP contribution in [-0.4, -0.2) is 31.8 Å². The topological polar surface area (TPSA) is 92.7 Å². The largest absolute Gasteiger partial charge is 0.340 e. The summed E-state index contributed by atoms with van der Waals surface area (Å²) in [5, 5.41) is 17.4. The van der Waals surface area contributed by atoms with Crippen LogP contribution >= 0.6 is 58.1 Å². The van der Waals surface area contributed by atoms with Crippen molar-refractivity contribution in [1.82, 2.24) is 20.2 Å². The Balaban J connectivity index is 1.20. The summed E-state index contributed by atoms with van der Waals surface area (Å²) >= 11 is 16.2. The molecule has 2 aromatic heterocycles. The van der Waals surface area contributed by atoms with E-state index in [2.05, 4.69) is 30.8 Å². The fraction of sp³-hybridized carbons (Fsp3) is 0.0800. The number of rotatable bonds is 9. The maximum Gasteiger partial charge on any atom is 0.236 e. The van der Waals surface area contributed by atoms with Crippen molar-refractivity contribution >= 4 is 91.5 Å². The molecule has 0 radical (unpaired) electrons. The monoisotopic (exact) mass is 584 g/mol. The van der Waals surface area contributed by atoms with Gasteiger partial charge in [-0.15, -0.1) is 10.2 Å². The molecule has 0 atom stereocenters. The molecule has 0 aliphatic rings. The van der Waals surface area contributed by atoms with Gasteiger partial charge in [0.15, 0.2) is 9.50 Å². The highest BCUT2D eigenvalue weighted by Crippen LogP contribution is 2.31. The molecular formula is C25H18Cl2N6OS3. The average Bonchev–Trinajstić information content (AvgIpc) is 3.33. The number of aromatic nitrogens is 4. The van der Waals surface area contributed by atoms with Gasteiger partial charge in [0, 0.05) is 26.9 Å². The normalized spacial score (nSPS) is 11.0. The van der Waals surface area contributed by atoms with E-state index in [-0.39, 0.29) is 11.7 Å². The van der Waals surface area contributed by atoms with Gasteiger partial charge in [0.2, 0.25) is 11.0 Å². The van der Waals surface area contributed by atoms with Gasteiger partial charge in [-0.3, -0.25) is 10.1 Å². The van der Waals surface area contributed by atoms with Gasteiger partial charge < -0.3 is 5.32 Å². The number of carbonyl (C=O) groups is 1. The highest BCUT2D eigenvalue weighted by atomic mass is 35.5. The van der Waals surface area contributed by atoms with Crippen LogP contribution in [0.3, 0.4) is 0 Å². The maximum atomic E-state index is 12.6. The quantitative estimate of drug-likeness (QED) is 0.104. The number of nitrogens with one attached hydrogen (secondary N) is 2. The first-order valence-electron chi connectivity index (χ1n) is 10.9. The van der Waals surface area contributed by atoms with Gasteiger partial charge in [0.1, 0.15) is 5.82 Å². The Morgan fingerprint density at radius 2 is 1.65 bits per heavy atom.